The maximum Gasteiger partial charge on any atom is 0.244 e. The highest BCUT2D eigenvalue weighted by molar-refractivity contribution is 5.17. The zero-order valence-corrected chi connectivity index (χ0v) is 11.6. The van der Waals surface area contributed by atoms with Crippen LogP contribution in [-0.4, -0.2) is 16.7 Å². The molecule has 0 radical (unpaired) electrons. The lowest BCUT2D eigenvalue weighted by atomic mass is 10.0. The number of ether oxygens (including phenoxy) is 1. The van der Waals surface area contributed by atoms with Crippen LogP contribution in [0.1, 0.15) is 43.1 Å². The van der Waals surface area contributed by atoms with Gasteiger partial charge in [-0.1, -0.05) is 35.5 Å². The van der Waals surface area contributed by atoms with Crippen molar-refractivity contribution in [2.45, 2.75) is 37.8 Å². The zero-order valence-electron chi connectivity index (χ0n) is 11.6. The van der Waals surface area contributed by atoms with E-state index in [2.05, 4.69) is 10.1 Å². The quantitative estimate of drug-likeness (QED) is 0.925. The Labute approximate surface area is 118 Å². The number of benzene rings is 1. The molecule has 5 nitrogen and oxygen atoms in total. The Hall–Kier alpha value is -1.72. The van der Waals surface area contributed by atoms with E-state index in [9.17, 15) is 0 Å². The van der Waals surface area contributed by atoms with Crippen LogP contribution in [0.3, 0.4) is 0 Å². The van der Waals surface area contributed by atoms with E-state index < -0.39 is 5.60 Å². The number of nitrogens with zero attached hydrogens (tertiary/aromatic N) is 2. The van der Waals surface area contributed by atoms with Crippen LogP contribution in [0, 0.1) is 0 Å². The third-order valence-electron chi connectivity index (χ3n) is 3.75. The second-order valence-corrected chi connectivity index (χ2v) is 5.44. The van der Waals surface area contributed by atoms with Crippen molar-refractivity contribution in [3.8, 4) is 0 Å². The van der Waals surface area contributed by atoms with Gasteiger partial charge in [0.2, 0.25) is 11.7 Å². The predicted octanol–water partition coefficient (Wildman–Crippen LogP) is 2.34. The number of hydrogen-bond acceptors (Lipinski definition) is 5. The molecule has 2 heterocycles. The van der Waals surface area contributed by atoms with Gasteiger partial charge in [0.15, 0.2) is 0 Å². The molecule has 0 amide bonds. The van der Waals surface area contributed by atoms with Gasteiger partial charge in [-0.15, -0.1) is 0 Å². The molecule has 5 heteroatoms. The highest BCUT2D eigenvalue weighted by Gasteiger charge is 2.37. The van der Waals surface area contributed by atoms with Crippen molar-refractivity contribution in [1.29, 1.82) is 0 Å². The van der Waals surface area contributed by atoms with Crippen LogP contribution in [0.5, 0.6) is 0 Å². The first-order chi connectivity index (χ1) is 9.67. The van der Waals surface area contributed by atoms with Gasteiger partial charge in [-0.05, 0) is 31.7 Å². The van der Waals surface area contributed by atoms with E-state index in [1.54, 1.807) is 0 Å². The molecule has 1 aliphatic rings. The molecule has 1 unspecified atom stereocenters. The lowest BCUT2D eigenvalue weighted by molar-refractivity contribution is 0.00768. The molecule has 106 valence electrons. The molecule has 1 aliphatic heterocycles. The maximum atomic E-state index is 6.15. The molecule has 1 fully saturated rings. The van der Waals surface area contributed by atoms with E-state index in [1.165, 1.54) is 0 Å². The average Bonchev–Trinajstić information content (AvgIpc) is 3.09. The Bertz CT molecular complexity index is 562. The predicted molar refractivity (Wildman–Crippen MR) is 73.9 cm³/mol. The van der Waals surface area contributed by atoms with Crippen molar-refractivity contribution in [3.63, 3.8) is 0 Å². The summed E-state index contributed by atoms with van der Waals surface area (Å²) in [4.78, 5) is 4.43. The van der Waals surface area contributed by atoms with Crippen LogP contribution in [0.25, 0.3) is 0 Å². The smallest absolute Gasteiger partial charge is 0.244 e. The van der Waals surface area contributed by atoms with Crippen LogP contribution in [-0.2, 0) is 16.8 Å². The summed E-state index contributed by atoms with van der Waals surface area (Å²) in [7, 11) is 0. The van der Waals surface area contributed by atoms with Crippen LogP contribution >= 0.6 is 0 Å². The molecular weight excluding hydrogens is 254 g/mol. The summed E-state index contributed by atoms with van der Waals surface area (Å²) >= 11 is 0. The van der Waals surface area contributed by atoms with Gasteiger partial charge in [-0.2, -0.15) is 4.98 Å². The highest BCUT2D eigenvalue weighted by atomic mass is 16.5. The van der Waals surface area contributed by atoms with Gasteiger partial charge >= 0.3 is 0 Å². The van der Waals surface area contributed by atoms with Crippen molar-refractivity contribution < 1.29 is 9.26 Å². The Morgan fingerprint density at radius 1 is 1.35 bits per heavy atom. The van der Waals surface area contributed by atoms with Crippen molar-refractivity contribution >= 4 is 0 Å². The summed E-state index contributed by atoms with van der Waals surface area (Å²) in [5.41, 5.74) is 6.88. The van der Waals surface area contributed by atoms with E-state index in [4.69, 9.17) is 15.0 Å². The maximum absolute atomic E-state index is 6.15. The van der Waals surface area contributed by atoms with Gasteiger partial charge in [0, 0.05) is 6.61 Å². The Morgan fingerprint density at radius 2 is 2.15 bits per heavy atom. The van der Waals surface area contributed by atoms with Crippen LogP contribution in [0.15, 0.2) is 34.9 Å². The van der Waals surface area contributed by atoms with Gasteiger partial charge in [-0.25, -0.2) is 0 Å². The normalized spacial score (nSPS) is 23.9. The molecule has 3 rings (SSSR count). The minimum Gasteiger partial charge on any atom is -0.367 e. The number of aromatic nitrogens is 2. The van der Waals surface area contributed by atoms with E-state index in [-0.39, 0.29) is 6.04 Å². The molecule has 2 aromatic rings. The van der Waals surface area contributed by atoms with Crippen molar-refractivity contribution in [2.24, 2.45) is 5.73 Å². The summed E-state index contributed by atoms with van der Waals surface area (Å²) in [6, 6.07) is 9.77. The highest BCUT2D eigenvalue weighted by Crippen LogP contribution is 2.34. The van der Waals surface area contributed by atoms with Crippen molar-refractivity contribution in [3.05, 3.63) is 47.6 Å². The van der Waals surface area contributed by atoms with Crippen molar-refractivity contribution in [2.75, 3.05) is 6.61 Å². The van der Waals surface area contributed by atoms with Crippen LogP contribution in [0.4, 0.5) is 0 Å². The molecule has 0 aliphatic carbocycles. The van der Waals surface area contributed by atoms with Gasteiger partial charge in [0.1, 0.15) is 5.60 Å². The molecule has 0 spiro atoms. The molecule has 1 saturated heterocycles. The van der Waals surface area contributed by atoms with Gasteiger partial charge in [-0.3, -0.25) is 0 Å². The fourth-order valence-electron chi connectivity index (χ4n) is 2.51. The molecule has 0 bridgehead atoms. The summed E-state index contributed by atoms with van der Waals surface area (Å²) in [6.45, 7) is 2.74. The van der Waals surface area contributed by atoms with E-state index >= 15 is 0 Å². The monoisotopic (exact) mass is 273 g/mol. The average molecular weight is 273 g/mol. The molecule has 2 atom stereocenters. The fraction of sp³-hybridized carbons (Fsp3) is 0.467. The second kappa shape index (κ2) is 5.34. The first-order valence-electron chi connectivity index (χ1n) is 6.95. The Balaban J connectivity index is 1.73. The number of rotatable bonds is 4. The molecule has 2 N–H and O–H groups in total. The molecule has 0 saturated carbocycles. The third-order valence-corrected chi connectivity index (χ3v) is 3.75. The largest absolute Gasteiger partial charge is 0.367 e. The Kier molecular flexibility index (Phi) is 3.54. The molecular formula is C15H19N3O2. The Morgan fingerprint density at radius 3 is 2.85 bits per heavy atom. The van der Waals surface area contributed by atoms with E-state index in [1.807, 2.05) is 37.3 Å². The molecule has 20 heavy (non-hydrogen) atoms. The fourth-order valence-corrected chi connectivity index (χ4v) is 2.51. The van der Waals surface area contributed by atoms with E-state index in [0.29, 0.717) is 18.1 Å². The third kappa shape index (κ3) is 2.59. The number of nitrogens with two attached hydrogens (primary N) is 1. The van der Waals surface area contributed by atoms with E-state index in [0.717, 1.165) is 25.0 Å². The van der Waals surface area contributed by atoms with Crippen LogP contribution < -0.4 is 5.73 Å². The molecule has 1 aromatic carbocycles. The lowest BCUT2D eigenvalue weighted by Gasteiger charge is -2.17. The van der Waals surface area contributed by atoms with Crippen LogP contribution in [0.2, 0.25) is 0 Å². The zero-order chi connectivity index (χ0) is 14.0. The summed E-state index contributed by atoms with van der Waals surface area (Å²) < 4.78 is 11.0. The standard InChI is InChI=1S/C15H19N3O2/c1-15(8-5-9-19-15)14-17-13(20-18-14)12(16)10-11-6-3-2-4-7-11/h2-4,6-7,12H,5,8-10,16H2,1H3/t12-,15?/m1/s1. The minimum absolute atomic E-state index is 0.288. The van der Waals surface area contributed by atoms with Gasteiger partial charge in [0.05, 0.1) is 6.04 Å². The topological polar surface area (TPSA) is 74.2 Å². The summed E-state index contributed by atoms with van der Waals surface area (Å²) in [5, 5.41) is 4.04. The second-order valence-electron chi connectivity index (χ2n) is 5.44. The number of hydrogen-bond donors (Lipinski definition) is 1. The minimum atomic E-state index is -0.422. The lowest BCUT2D eigenvalue weighted by Crippen LogP contribution is -2.22. The molecule has 1 aromatic heterocycles. The SMILES string of the molecule is CC1(c2noc([C@H](N)Cc3ccccc3)n2)CCCO1. The first kappa shape index (κ1) is 13.3. The van der Waals surface area contributed by atoms with Gasteiger partial charge < -0.3 is 15.0 Å². The summed E-state index contributed by atoms with van der Waals surface area (Å²) in [6.07, 6.45) is 2.62. The van der Waals surface area contributed by atoms with Crippen molar-refractivity contribution in [1.82, 2.24) is 10.1 Å². The van der Waals surface area contributed by atoms with Gasteiger partial charge in [0.25, 0.3) is 0 Å². The first-order valence-corrected chi connectivity index (χ1v) is 6.95. The summed E-state index contributed by atoms with van der Waals surface area (Å²) in [5.74, 6) is 1.08.